The molecular formula is C7H13N3O. The lowest BCUT2D eigenvalue weighted by molar-refractivity contribution is -0.377. The van der Waals surface area contributed by atoms with Crippen molar-refractivity contribution in [1.29, 1.82) is 0 Å². The fourth-order valence-electron chi connectivity index (χ4n) is 1.06. The first-order valence-electron chi connectivity index (χ1n) is 3.58. The Bertz CT molecular complexity index is 194. The van der Waals surface area contributed by atoms with Gasteiger partial charge in [-0.1, -0.05) is 0 Å². The molecule has 0 saturated heterocycles. The average Bonchev–Trinajstić information content (AvgIpc) is 2.07. The third-order valence-corrected chi connectivity index (χ3v) is 1.99. The van der Waals surface area contributed by atoms with Gasteiger partial charge in [0.2, 0.25) is 0 Å². The van der Waals surface area contributed by atoms with Crippen LogP contribution in [0.15, 0.2) is 12.3 Å². The number of hydrogen-bond acceptors (Lipinski definition) is 3. The Labute approximate surface area is 66.2 Å². The summed E-state index contributed by atoms with van der Waals surface area (Å²) in [6, 6.07) is 0. The van der Waals surface area contributed by atoms with Gasteiger partial charge in [0.1, 0.15) is 5.66 Å². The van der Waals surface area contributed by atoms with E-state index in [1.54, 1.807) is 6.21 Å². The van der Waals surface area contributed by atoms with Crippen molar-refractivity contribution < 1.29 is 4.74 Å². The summed E-state index contributed by atoms with van der Waals surface area (Å²) >= 11 is 0. The van der Waals surface area contributed by atoms with Gasteiger partial charge in [0, 0.05) is 6.08 Å². The van der Waals surface area contributed by atoms with Crippen LogP contribution in [0, 0.1) is 5.21 Å². The second kappa shape index (κ2) is 3.02. The molecule has 4 heteroatoms. The summed E-state index contributed by atoms with van der Waals surface area (Å²) in [5.41, 5.74) is -0.235. The van der Waals surface area contributed by atoms with E-state index in [2.05, 4.69) is 10.6 Å². The molecule has 11 heavy (non-hydrogen) atoms. The van der Waals surface area contributed by atoms with E-state index in [1.165, 1.54) is 6.20 Å². The van der Waals surface area contributed by atoms with Crippen LogP contribution in [-0.2, 0) is 0 Å². The summed E-state index contributed by atoms with van der Waals surface area (Å²) in [4.78, 5) is 0. The Morgan fingerprint density at radius 3 is 2.45 bits per heavy atom. The minimum absolute atomic E-state index is 0.235. The number of nitrogens with one attached hydrogen (secondary N) is 2. The number of likely N-dealkylation sites (N-methyl/N-ethyl adjacent to an activating group) is 2. The predicted octanol–water partition coefficient (Wildman–Crippen LogP) is -0.380. The van der Waals surface area contributed by atoms with Crippen LogP contribution in [-0.4, -0.2) is 30.7 Å². The summed E-state index contributed by atoms with van der Waals surface area (Å²) in [6.45, 7) is 0. The maximum Gasteiger partial charge on any atom is 0.179 e. The molecule has 0 aromatic heterocycles. The molecule has 62 valence electrons. The van der Waals surface area contributed by atoms with Crippen LogP contribution in [0.3, 0.4) is 0 Å². The lowest BCUT2D eigenvalue weighted by Gasteiger charge is -2.28. The maximum atomic E-state index is 10.7. The quantitative estimate of drug-likeness (QED) is 0.325. The highest BCUT2D eigenvalue weighted by atomic mass is 16.5. The Morgan fingerprint density at radius 1 is 1.45 bits per heavy atom. The van der Waals surface area contributed by atoms with Gasteiger partial charge in [0.25, 0.3) is 0 Å². The van der Waals surface area contributed by atoms with E-state index < -0.39 is 0 Å². The third-order valence-electron chi connectivity index (χ3n) is 1.99. The van der Waals surface area contributed by atoms with E-state index in [9.17, 15) is 5.21 Å². The largest absolute Gasteiger partial charge is 0.619 e. The standard InChI is InChI=1S/C7H13N3O/c1-8-7(9-2)3-5-10(11)6-4-7/h3,5-6,8-9H,4H2,1-2H3. The van der Waals surface area contributed by atoms with Crippen LogP contribution in [0.5, 0.6) is 0 Å². The highest BCUT2D eigenvalue weighted by Crippen LogP contribution is 2.08. The lowest BCUT2D eigenvalue weighted by Crippen LogP contribution is -2.53. The molecule has 0 unspecified atom stereocenters. The minimum atomic E-state index is -0.235. The van der Waals surface area contributed by atoms with Crippen LogP contribution in [0.1, 0.15) is 6.42 Å². The van der Waals surface area contributed by atoms with E-state index in [1.807, 2.05) is 20.2 Å². The van der Waals surface area contributed by atoms with E-state index in [0.717, 1.165) is 4.74 Å². The molecule has 2 N–H and O–H groups in total. The van der Waals surface area contributed by atoms with Crippen molar-refractivity contribution in [2.24, 2.45) is 0 Å². The van der Waals surface area contributed by atoms with Crippen molar-refractivity contribution in [3.63, 3.8) is 0 Å². The van der Waals surface area contributed by atoms with Crippen molar-refractivity contribution in [3.05, 3.63) is 17.5 Å². The summed E-state index contributed by atoms with van der Waals surface area (Å²) < 4.78 is 0.812. The van der Waals surface area contributed by atoms with Gasteiger partial charge >= 0.3 is 0 Å². The molecule has 0 spiro atoms. The Hall–Kier alpha value is -0.870. The second-order valence-electron chi connectivity index (χ2n) is 2.53. The topological polar surface area (TPSA) is 50.1 Å². The molecule has 0 aromatic carbocycles. The monoisotopic (exact) mass is 155 g/mol. The van der Waals surface area contributed by atoms with Gasteiger partial charge in [-0.15, -0.1) is 0 Å². The number of nitrogens with zero attached hydrogens (tertiary/aromatic N) is 1. The van der Waals surface area contributed by atoms with E-state index in [4.69, 9.17) is 0 Å². The summed E-state index contributed by atoms with van der Waals surface area (Å²) in [7, 11) is 3.71. The fourth-order valence-corrected chi connectivity index (χ4v) is 1.06. The molecule has 0 aromatic rings. The molecule has 0 aliphatic carbocycles. The minimum Gasteiger partial charge on any atom is -0.619 e. The number of hydroxylamine groups is 1. The van der Waals surface area contributed by atoms with Crippen molar-refractivity contribution in [2.75, 3.05) is 14.1 Å². The zero-order chi connectivity index (χ0) is 8.32. The zero-order valence-corrected chi connectivity index (χ0v) is 6.79. The molecule has 1 aliphatic rings. The van der Waals surface area contributed by atoms with Gasteiger partial charge in [-0.2, -0.15) is 4.74 Å². The van der Waals surface area contributed by atoms with Crippen LogP contribution >= 0.6 is 0 Å². The Morgan fingerprint density at radius 2 is 2.09 bits per heavy atom. The van der Waals surface area contributed by atoms with Crippen molar-refractivity contribution in [1.82, 2.24) is 10.6 Å². The Balaban J connectivity index is 2.71. The van der Waals surface area contributed by atoms with Crippen LogP contribution in [0.25, 0.3) is 0 Å². The van der Waals surface area contributed by atoms with Gasteiger partial charge in [0.15, 0.2) is 12.4 Å². The predicted molar refractivity (Wildman–Crippen MR) is 44.3 cm³/mol. The van der Waals surface area contributed by atoms with Gasteiger partial charge in [-0.3, -0.25) is 10.6 Å². The first-order valence-corrected chi connectivity index (χ1v) is 3.58. The molecular weight excluding hydrogens is 142 g/mol. The molecule has 0 amide bonds. The summed E-state index contributed by atoms with van der Waals surface area (Å²) in [5.74, 6) is 0. The first-order chi connectivity index (χ1) is 5.22. The van der Waals surface area contributed by atoms with Crippen molar-refractivity contribution in [3.8, 4) is 0 Å². The van der Waals surface area contributed by atoms with E-state index in [0.29, 0.717) is 6.42 Å². The van der Waals surface area contributed by atoms with Gasteiger partial charge in [0.05, 0.1) is 6.42 Å². The SMILES string of the molecule is CNC1(NC)C=C[N+]([O-])=CC1. The number of rotatable bonds is 2. The fraction of sp³-hybridized carbons (Fsp3) is 0.571. The number of hydrogen-bond donors (Lipinski definition) is 2. The lowest BCUT2D eigenvalue weighted by atomic mass is 10.1. The average molecular weight is 155 g/mol. The molecule has 0 atom stereocenters. The van der Waals surface area contributed by atoms with Gasteiger partial charge in [-0.25, -0.2) is 0 Å². The van der Waals surface area contributed by atoms with Gasteiger partial charge < -0.3 is 5.21 Å². The smallest absolute Gasteiger partial charge is 0.179 e. The molecule has 0 bridgehead atoms. The third kappa shape index (κ3) is 1.58. The molecule has 1 heterocycles. The molecule has 1 aliphatic heterocycles. The highest BCUT2D eigenvalue weighted by molar-refractivity contribution is 5.56. The zero-order valence-electron chi connectivity index (χ0n) is 6.79. The second-order valence-corrected chi connectivity index (χ2v) is 2.53. The first kappa shape index (κ1) is 8.23. The molecule has 0 saturated carbocycles. The molecule has 0 fully saturated rings. The van der Waals surface area contributed by atoms with Crippen LogP contribution in [0.2, 0.25) is 0 Å². The van der Waals surface area contributed by atoms with E-state index >= 15 is 0 Å². The molecule has 4 nitrogen and oxygen atoms in total. The molecule has 1 rings (SSSR count). The Kier molecular flexibility index (Phi) is 2.26. The van der Waals surface area contributed by atoms with Crippen LogP contribution in [0.4, 0.5) is 0 Å². The highest BCUT2D eigenvalue weighted by Gasteiger charge is 2.25. The van der Waals surface area contributed by atoms with E-state index in [-0.39, 0.29) is 5.66 Å². The van der Waals surface area contributed by atoms with Gasteiger partial charge in [-0.05, 0) is 14.1 Å². The summed E-state index contributed by atoms with van der Waals surface area (Å²) in [5, 5.41) is 16.9. The normalized spacial score (nSPS) is 21.5. The molecule has 0 radical (unpaired) electrons. The maximum absolute atomic E-state index is 10.7. The van der Waals surface area contributed by atoms with Crippen molar-refractivity contribution >= 4 is 6.21 Å². The van der Waals surface area contributed by atoms with Crippen molar-refractivity contribution in [2.45, 2.75) is 12.1 Å². The van der Waals surface area contributed by atoms with Crippen LogP contribution < -0.4 is 10.6 Å². The summed E-state index contributed by atoms with van der Waals surface area (Å²) in [6.07, 6.45) is 5.57.